The maximum absolute atomic E-state index is 13.3. The van der Waals surface area contributed by atoms with Crippen molar-refractivity contribution in [2.24, 2.45) is 5.92 Å². The fourth-order valence-corrected chi connectivity index (χ4v) is 3.03. The molecule has 1 aromatic heterocycles. The maximum Gasteiger partial charge on any atom is 0.252 e. The van der Waals surface area contributed by atoms with Crippen molar-refractivity contribution < 1.29 is 9.18 Å². The molecule has 130 valence electrons. The smallest absolute Gasteiger partial charge is 0.252 e. The number of aromatic nitrogens is 1. The van der Waals surface area contributed by atoms with Crippen molar-refractivity contribution in [2.75, 3.05) is 13.1 Å². The summed E-state index contributed by atoms with van der Waals surface area (Å²) in [6.07, 6.45) is 1.59. The van der Waals surface area contributed by atoms with E-state index in [2.05, 4.69) is 21.7 Å². The number of fused-ring (bicyclic) bond motifs is 1. The number of nitrogens with one attached hydrogen (secondary N) is 3. The number of carbonyl (C=O) groups is 1. The van der Waals surface area contributed by atoms with Crippen LogP contribution in [-0.4, -0.2) is 30.0 Å². The first-order valence-electron chi connectivity index (χ1n) is 8.26. The van der Waals surface area contributed by atoms with Gasteiger partial charge in [0.15, 0.2) is 0 Å². The van der Waals surface area contributed by atoms with Crippen LogP contribution >= 0.6 is 0 Å². The summed E-state index contributed by atoms with van der Waals surface area (Å²) in [4.78, 5) is 26.8. The standard InChI is InChI=1S/C18H19FN4O2/c19-14-2-4-16-12(6-14)5-13(18(25)23-16)7-17(24)22-10-15-3-1-11(8-20)9-21-15/h2,4-6,11,15,21H,1,3,7,9-10H2,(H,22,24)(H,23,25). The van der Waals surface area contributed by atoms with Crippen LogP contribution in [0.1, 0.15) is 18.4 Å². The Morgan fingerprint density at radius 2 is 2.20 bits per heavy atom. The molecule has 0 saturated carbocycles. The molecule has 1 fully saturated rings. The van der Waals surface area contributed by atoms with E-state index in [0.717, 1.165) is 12.8 Å². The van der Waals surface area contributed by atoms with Crippen LogP contribution < -0.4 is 16.2 Å². The molecule has 2 aromatic rings. The predicted molar refractivity (Wildman–Crippen MR) is 91.4 cm³/mol. The summed E-state index contributed by atoms with van der Waals surface area (Å²) < 4.78 is 13.3. The van der Waals surface area contributed by atoms with Crippen molar-refractivity contribution in [3.05, 3.63) is 46.0 Å². The quantitative estimate of drug-likeness (QED) is 0.778. The third kappa shape index (κ3) is 4.22. The molecule has 0 spiro atoms. The highest BCUT2D eigenvalue weighted by atomic mass is 19.1. The van der Waals surface area contributed by atoms with Crippen LogP contribution in [0, 0.1) is 23.1 Å². The van der Waals surface area contributed by atoms with Gasteiger partial charge in [-0.2, -0.15) is 5.26 Å². The number of amides is 1. The van der Waals surface area contributed by atoms with Gasteiger partial charge in [-0.3, -0.25) is 9.59 Å². The normalized spacial score (nSPS) is 20.2. The summed E-state index contributed by atoms with van der Waals surface area (Å²) in [6, 6.07) is 8.02. The first-order chi connectivity index (χ1) is 12.0. The average Bonchev–Trinajstić information content (AvgIpc) is 2.61. The number of nitrogens with zero attached hydrogens (tertiary/aromatic N) is 1. The first-order valence-corrected chi connectivity index (χ1v) is 8.26. The third-order valence-corrected chi connectivity index (χ3v) is 4.48. The molecule has 1 aliphatic heterocycles. The van der Waals surface area contributed by atoms with Crippen molar-refractivity contribution in [1.29, 1.82) is 5.26 Å². The number of carbonyl (C=O) groups excluding carboxylic acids is 1. The average molecular weight is 342 g/mol. The zero-order valence-corrected chi connectivity index (χ0v) is 13.6. The number of piperidine rings is 1. The SMILES string of the molecule is N#CC1CCC(CNC(=O)Cc2cc3cc(F)ccc3[nH]c2=O)NC1. The van der Waals surface area contributed by atoms with Gasteiger partial charge in [-0.1, -0.05) is 0 Å². The van der Waals surface area contributed by atoms with Crippen molar-refractivity contribution in [2.45, 2.75) is 25.3 Å². The van der Waals surface area contributed by atoms with Gasteiger partial charge >= 0.3 is 0 Å². The number of halogens is 1. The number of nitriles is 1. The fourth-order valence-electron chi connectivity index (χ4n) is 3.03. The summed E-state index contributed by atoms with van der Waals surface area (Å²) in [5.41, 5.74) is 0.493. The highest BCUT2D eigenvalue weighted by molar-refractivity contribution is 5.82. The second-order valence-corrected chi connectivity index (χ2v) is 6.34. The lowest BCUT2D eigenvalue weighted by molar-refractivity contribution is -0.120. The molecule has 1 aromatic carbocycles. The van der Waals surface area contributed by atoms with Crippen LogP contribution in [0.25, 0.3) is 10.9 Å². The Morgan fingerprint density at radius 1 is 1.36 bits per heavy atom. The van der Waals surface area contributed by atoms with E-state index in [1.807, 2.05) is 0 Å². The molecule has 1 aliphatic rings. The molecule has 7 heteroatoms. The van der Waals surface area contributed by atoms with Crippen molar-refractivity contribution in [3.8, 4) is 6.07 Å². The number of hydrogen-bond acceptors (Lipinski definition) is 4. The molecule has 3 N–H and O–H groups in total. The van der Waals surface area contributed by atoms with Gasteiger partial charge in [-0.25, -0.2) is 4.39 Å². The van der Waals surface area contributed by atoms with Gasteiger partial charge < -0.3 is 15.6 Å². The summed E-state index contributed by atoms with van der Waals surface area (Å²) in [6.45, 7) is 1.09. The predicted octanol–water partition coefficient (Wildman–Crippen LogP) is 1.22. The monoisotopic (exact) mass is 342 g/mol. The number of hydrogen-bond donors (Lipinski definition) is 3. The minimum absolute atomic E-state index is 0.0310. The molecule has 1 amide bonds. The van der Waals surface area contributed by atoms with E-state index in [1.54, 1.807) is 6.07 Å². The van der Waals surface area contributed by atoms with E-state index in [9.17, 15) is 14.0 Å². The molecular weight excluding hydrogens is 323 g/mol. The number of rotatable bonds is 4. The Morgan fingerprint density at radius 3 is 2.92 bits per heavy atom. The summed E-state index contributed by atoms with van der Waals surface area (Å²) in [7, 11) is 0. The zero-order chi connectivity index (χ0) is 17.8. The van der Waals surface area contributed by atoms with Gasteiger partial charge in [0.2, 0.25) is 5.91 Å². The molecule has 2 heterocycles. The molecule has 0 aliphatic carbocycles. The highest BCUT2D eigenvalue weighted by Gasteiger charge is 2.20. The van der Waals surface area contributed by atoms with Crippen LogP contribution in [-0.2, 0) is 11.2 Å². The van der Waals surface area contributed by atoms with Gasteiger partial charge in [0, 0.05) is 35.6 Å². The Kier molecular flexibility index (Phi) is 5.10. The topological polar surface area (TPSA) is 97.8 Å². The molecule has 0 radical (unpaired) electrons. The molecule has 3 rings (SSSR count). The molecule has 6 nitrogen and oxygen atoms in total. The van der Waals surface area contributed by atoms with Crippen LogP contribution in [0.5, 0.6) is 0 Å². The van der Waals surface area contributed by atoms with Crippen molar-refractivity contribution in [3.63, 3.8) is 0 Å². The Labute approximate surface area is 144 Å². The van der Waals surface area contributed by atoms with E-state index < -0.39 is 5.82 Å². The maximum atomic E-state index is 13.3. The molecular formula is C18H19FN4O2. The minimum atomic E-state index is -0.394. The van der Waals surface area contributed by atoms with Crippen LogP contribution in [0.15, 0.2) is 29.1 Å². The van der Waals surface area contributed by atoms with Crippen molar-refractivity contribution >= 4 is 16.8 Å². The number of benzene rings is 1. The third-order valence-electron chi connectivity index (χ3n) is 4.48. The van der Waals surface area contributed by atoms with E-state index in [-0.39, 0.29) is 29.8 Å². The van der Waals surface area contributed by atoms with E-state index >= 15 is 0 Å². The molecule has 2 unspecified atom stereocenters. The van der Waals surface area contributed by atoms with Gasteiger partial charge in [0.05, 0.1) is 18.4 Å². The van der Waals surface area contributed by atoms with E-state index in [0.29, 0.717) is 29.6 Å². The number of aromatic amines is 1. The van der Waals surface area contributed by atoms with Gasteiger partial charge in [0.1, 0.15) is 5.82 Å². The lowest BCUT2D eigenvalue weighted by atomic mass is 9.96. The van der Waals surface area contributed by atoms with Crippen molar-refractivity contribution in [1.82, 2.24) is 15.6 Å². The van der Waals surface area contributed by atoms with E-state index in [1.165, 1.54) is 18.2 Å². The Hall–Kier alpha value is -2.72. The highest BCUT2D eigenvalue weighted by Crippen LogP contribution is 2.14. The molecule has 2 atom stereocenters. The summed E-state index contributed by atoms with van der Waals surface area (Å²) in [5.74, 6) is -0.622. The number of pyridine rings is 1. The Balaban J connectivity index is 1.59. The minimum Gasteiger partial charge on any atom is -0.354 e. The second kappa shape index (κ2) is 7.45. The van der Waals surface area contributed by atoms with Gasteiger partial charge in [-0.05, 0) is 37.1 Å². The van der Waals surface area contributed by atoms with Crippen LogP contribution in [0.3, 0.4) is 0 Å². The second-order valence-electron chi connectivity index (χ2n) is 6.34. The van der Waals surface area contributed by atoms with Crippen LogP contribution in [0.2, 0.25) is 0 Å². The molecule has 1 saturated heterocycles. The van der Waals surface area contributed by atoms with Gasteiger partial charge in [-0.15, -0.1) is 0 Å². The lowest BCUT2D eigenvalue weighted by Gasteiger charge is -2.26. The number of H-pyrrole nitrogens is 1. The Bertz CT molecular complexity index is 879. The molecule has 0 bridgehead atoms. The summed E-state index contributed by atoms with van der Waals surface area (Å²) in [5, 5.41) is 15.5. The van der Waals surface area contributed by atoms with Gasteiger partial charge in [0.25, 0.3) is 5.56 Å². The first kappa shape index (κ1) is 17.1. The summed E-state index contributed by atoms with van der Waals surface area (Å²) >= 11 is 0. The van der Waals surface area contributed by atoms with Crippen LogP contribution in [0.4, 0.5) is 4.39 Å². The largest absolute Gasteiger partial charge is 0.354 e. The fraction of sp³-hybridized carbons (Fsp3) is 0.389. The molecule has 25 heavy (non-hydrogen) atoms. The zero-order valence-electron chi connectivity index (χ0n) is 13.6. The van der Waals surface area contributed by atoms with E-state index in [4.69, 9.17) is 5.26 Å². The lowest BCUT2D eigenvalue weighted by Crippen LogP contribution is -2.46.